The molecule has 2 aliphatic rings. The molecule has 2 fully saturated rings. The van der Waals surface area contributed by atoms with E-state index in [1.807, 2.05) is 6.07 Å². The SMILES string of the molecule is Cc1cccc(N2CCN(c3cc(N4CCN(C)CC4)c(C=NNC(N)=S)cc3F)CC2)c1. The number of nitrogens with zero attached hydrogens (tertiary/aromatic N) is 5. The zero-order chi connectivity index (χ0) is 23.4. The molecular weight excluding hydrogens is 437 g/mol. The van der Waals surface area contributed by atoms with E-state index < -0.39 is 0 Å². The van der Waals surface area contributed by atoms with Crippen LogP contribution in [0.15, 0.2) is 41.5 Å². The molecule has 4 rings (SSSR count). The predicted octanol–water partition coefficient (Wildman–Crippen LogP) is 2.38. The van der Waals surface area contributed by atoms with E-state index in [0.717, 1.165) is 58.0 Å². The number of piperazine rings is 2. The molecule has 0 radical (unpaired) electrons. The largest absolute Gasteiger partial charge is 0.375 e. The summed E-state index contributed by atoms with van der Waals surface area (Å²) < 4.78 is 15.3. The van der Waals surface area contributed by atoms with Crippen molar-refractivity contribution in [3.05, 3.63) is 53.3 Å². The van der Waals surface area contributed by atoms with Crippen LogP contribution in [-0.4, -0.2) is 75.6 Å². The van der Waals surface area contributed by atoms with Gasteiger partial charge in [0.1, 0.15) is 5.82 Å². The van der Waals surface area contributed by atoms with Crippen LogP contribution < -0.4 is 25.9 Å². The van der Waals surface area contributed by atoms with E-state index in [-0.39, 0.29) is 10.9 Å². The van der Waals surface area contributed by atoms with Crippen molar-refractivity contribution >= 4 is 40.6 Å². The normalized spacial score (nSPS) is 17.6. The van der Waals surface area contributed by atoms with E-state index in [9.17, 15) is 0 Å². The van der Waals surface area contributed by atoms with Gasteiger partial charge < -0.3 is 25.3 Å². The van der Waals surface area contributed by atoms with Crippen molar-refractivity contribution in [1.29, 1.82) is 0 Å². The Kier molecular flexibility index (Phi) is 7.29. The third-order valence-corrected chi connectivity index (χ3v) is 6.40. The van der Waals surface area contributed by atoms with Crippen molar-refractivity contribution in [2.75, 3.05) is 74.1 Å². The van der Waals surface area contributed by atoms with Crippen molar-refractivity contribution < 1.29 is 4.39 Å². The van der Waals surface area contributed by atoms with E-state index in [4.69, 9.17) is 18.0 Å². The van der Waals surface area contributed by atoms with Crippen LogP contribution in [0.1, 0.15) is 11.1 Å². The first-order valence-electron chi connectivity index (χ1n) is 11.3. The number of nitrogens with one attached hydrogen (secondary N) is 1. The van der Waals surface area contributed by atoms with Gasteiger partial charge in [-0.15, -0.1) is 0 Å². The lowest BCUT2D eigenvalue weighted by atomic mass is 10.1. The van der Waals surface area contributed by atoms with E-state index in [1.165, 1.54) is 11.3 Å². The lowest BCUT2D eigenvalue weighted by Crippen LogP contribution is -2.47. The van der Waals surface area contributed by atoms with Gasteiger partial charge in [-0.2, -0.15) is 5.10 Å². The minimum atomic E-state index is -0.242. The van der Waals surface area contributed by atoms with Crippen LogP contribution in [0.2, 0.25) is 0 Å². The summed E-state index contributed by atoms with van der Waals surface area (Å²) in [6, 6.07) is 12.1. The Bertz CT molecular complexity index is 1010. The lowest BCUT2D eigenvalue weighted by Gasteiger charge is -2.39. The van der Waals surface area contributed by atoms with Gasteiger partial charge in [0.25, 0.3) is 0 Å². The third kappa shape index (κ3) is 5.72. The Balaban J connectivity index is 1.56. The monoisotopic (exact) mass is 469 g/mol. The number of hydrogen-bond acceptors (Lipinski definition) is 6. The van der Waals surface area contributed by atoms with Gasteiger partial charge in [0.15, 0.2) is 5.11 Å². The van der Waals surface area contributed by atoms with Crippen LogP contribution in [0.25, 0.3) is 0 Å². The van der Waals surface area contributed by atoms with E-state index in [1.54, 1.807) is 12.3 Å². The molecule has 7 nitrogen and oxygen atoms in total. The van der Waals surface area contributed by atoms with Gasteiger partial charge in [-0.1, -0.05) is 12.1 Å². The summed E-state index contributed by atoms with van der Waals surface area (Å²) in [4.78, 5) is 9.11. The molecule has 176 valence electrons. The molecule has 3 N–H and O–H groups in total. The number of benzene rings is 2. The molecule has 2 aromatic carbocycles. The van der Waals surface area contributed by atoms with Crippen molar-refractivity contribution in [3.63, 3.8) is 0 Å². The van der Waals surface area contributed by atoms with Crippen molar-refractivity contribution in [3.8, 4) is 0 Å². The van der Waals surface area contributed by atoms with Crippen LogP contribution in [0.4, 0.5) is 21.5 Å². The molecule has 0 atom stereocenters. The van der Waals surface area contributed by atoms with Gasteiger partial charge >= 0.3 is 0 Å². The molecule has 9 heteroatoms. The fraction of sp³-hybridized carbons (Fsp3) is 0.417. The molecular formula is C24H32FN7S. The molecule has 0 saturated carbocycles. The molecule has 0 unspecified atom stereocenters. The average molecular weight is 470 g/mol. The standard InChI is InChI=1S/C24H32FN7S/c1-18-4-3-5-20(14-18)30-10-12-32(13-11-30)23-16-22(31-8-6-29(2)7-9-31)19(15-21(23)25)17-27-28-24(26)33/h3-5,14-17H,6-13H2,1-2H3,(H3,26,28,33). The maximum atomic E-state index is 15.3. The summed E-state index contributed by atoms with van der Waals surface area (Å²) in [6.07, 6.45) is 1.59. The first kappa shape index (κ1) is 23.3. The van der Waals surface area contributed by atoms with Gasteiger partial charge in [0, 0.05) is 69.3 Å². The molecule has 2 aliphatic heterocycles. The number of aryl methyl sites for hydroxylation is 1. The maximum Gasteiger partial charge on any atom is 0.184 e. The second-order valence-corrected chi connectivity index (χ2v) is 9.14. The minimum Gasteiger partial charge on any atom is -0.375 e. The van der Waals surface area contributed by atoms with E-state index in [2.05, 4.69) is 68.4 Å². The first-order chi connectivity index (χ1) is 15.9. The summed E-state index contributed by atoms with van der Waals surface area (Å²) in [5.74, 6) is -0.242. The molecule has 33 heavy (non-hydrogen) atoms. The highest BCUT2D eigenvalue weighted by molar-refractivity contribution is 7.80. The van der Waals surface area contributed by atoms with Crippen LogP contribution in [-0.2, 0) is 0 Å². The number of thiocarbonyl (C=S) groups is 1. The number of halogens is 1. The molecule has 2 aromatic rings. The Morgan fingerprint density at radius 3 is 2.27 bits per heavy atom. The van der Waals surface area contributed by atoms with Crippen molar-refractivity contribution in [2.24, 2.45) is 10.8 Å². The number of likely N-dealkylation sites (N-methyl/N-ethyl adjacent to an activating group) is 1. The summed E-state index contributed by atoms with van der Waals surface area (Å²) in [6.45, 7) is 9.04. The van der Waals surface area contributed by atoms with Crippen LogP contribution >= 0.6 is 12.2 Å². The average Bonchev–Trinajstić information content (AvgIpc) is 2.80. The van der Waals surface area contributed by atoms with Crippen molar-refractivity contribution in [2.45, 2.75) is 6.92 Å². The van der Waals surface area contributed by atoms with Crippen LogP contribution in [0, 0.1) is 12.7 Å². The molecule has 2 heterocycles. The first-order valence-corrected chi connectivity index (χ1v) is 11.7. The summed E-state index contributed by atoms with van der Waals surface area (Å²) in [5.41, 5.74) is 12.9. The number of rotatable bonds is 5. The highest BCUT2D eigenvalue weighted by Gasteiger charge is 2.24. The molecule has 0 spiro atoms. The zero-order valence-corrected chi connectivity index (χ0v) is 20.1. The molecule has 0 amide bonds. The van der Waals surface area contributed by atoms with Gasteiger partial charge in [0.05, 0.1) is 11.9 Å². The molecule has 0 aliphatic carbocycles. The Hall–Kier alpha value is -2.91. The summed E-state index contributed by atoms with van der Waals surface area (Å²) in [7, 11) is 2.12. The number of hydrogen-bond donors (Lipinski definition) is 2. The number of anilines is 3. The number of nitrogens with two attached hydrogens (primary N) is 1. The smallest absolute Gasteiger partial charge is 0.184 e. The minimum absolute atomic E-state index is 0.0796. The second-order valence-electron chi connectivity index (χ2n) is 8.70. The second kappa shape index (κ2) is 10.4. The van der Waals surface area contributed by atoms with Gasteiger partial charge in [0.2, 0.25) is 0 Å². The van der Waals surface area contributed by atoms with Gasteiger partial charge in [-0.05, 0) is 56.0 Å². The number of hydrazone groups is 1. The predicted molar refractivity (Wildman–Crippen MR) is 139 cm³/mol. The van der Waals surface area contributed by atoms with Gasteiger partial charge in [-0.25, -0.2) is 4.39 Å². The molecule has 0 aromatic heterocycles. The van der Waals surface area contributed by atoms with Crippen LogP contribution in [0.5, 0.6) is 0 Å². The highest BCUT2D eigenvalue weighted by atomic mass is 32.1. The van der Waals surface area contributed by atoms with Gasteiger partial charge in [-0.3, -0.25) is 5.43 Å². The van der Waals surface area contributed by atoms with Crippen LogP contribution in [0.3, 0.4) is 0 Å². The highest BCUT2D eigenvalue weighted by Crippen LogP contribution is 2.31. The maximum absolute atomic E-state index is 15.3. The third-order valence-electron chi connectivity index (χ3n) is 6.31. The van der Waals surface area contributed by atoms with E-state index in [0.29, 0.717) is 11.3 Å². The Morgan fingerprint density at radius 1 is 0.970 bits per heavy atom. The fourth-order valence-electron chi connectivity index (χ4n) is 4.43. The lowest BCUT2D eigenvalue weighted by molar-refractivity contribution is 0.313. The topological polar surface area (TPSA) is 63.4 Å². The zero-order valence-electron chi connectivity index (χ0n) is 19.3. The molecule has 2 saturated heterocycles. The summed E-state index contributed by atoms with van der Waals surface area (Å²) >= 11 is 4.82. The Labute approximate surface area is 200 Å². The Morgan fingerprint density at radius 2 is 1.61 bits per heavy atom. The summed E-state index contributed by atoms with van der Waals surface area (Å²) in [5, 5.41) is 4.16. The van der Waals surface area contributed by atoms with Crippen molar-refractivity contribution in [1.82, 2.24) is 10.3 Å². The quantitative estimate of drug-likeness (QED) is 0.396. The molecule has 0 bridgehead atoms. The van der Waals surface area contributed by atoms with E-state index >= 15 is 4.39 Å². The fourth-order valence-corrected chi connectivity index (χ4v) is 4.48.